The zero-order valence-electron chi connectivity index (χ0n) is 9.83. The Morgan fingerprint density at radius 3 is 2.62 bits per heavy atom. The summed E-state index contributed by atoms with van der Waals surface area (Å²) in [6.45, 7) is 7.93. The van der Waals surface area contributed by atoms with Gasteiger partial charge in [0.2, 0.25) is 0 Å². The van der Waals surface area contributed by atoms with Gasteiger partial charge < -0.3 is 15.8 Å². The van der Waals surface area contributed by atoms with Gasteiger partial charge in [0.1, 0.15) is 12.4 Å². The van der Waals surface area contributed by atoms with Crippen molar-refractivity contribution in [2.75, 3.05) is 25.0 Å². The molecule has 0 aromatic heterocycles. The fraction of sp³-hybridized carbons (Fsp3) is 0.385. The molecular formula is C13H20N2O. The number of nitrogens with two attached hydrogens (primary N) is 1. The van der Waals surface area contributed by atoms with Crippen molar-refractivity contribution in [3.63, 3.8) is 0 Å². The third kappa shape index (κ3) is 4.84. The zero-order valence-corrected chi connectivity index (χ0v) is 9.83. The molecule has 0 spiro atoms. The molecule has 3 N–H and O–H groups in total. The van der Waals surface area contributed by atoms with Crippen molar-refractivity contribution in [3.05, 3.63) is 36.4 Å². The molecule has 1 rings (SSSR count). The van der Waals surface area contributed by atoms with E-state index < -0.39 is 0 Å². The zero-order chi connectivity index (χ0) is 11.8. The number of ether oxygens (including phenoxy) is 1. The summed E-state index contributed by atoms with van der Waals surface area (Å²) in [7, 11) is 0. The van der Waals surface area contributed by atoms with Gasteiger partial charge in [-0.25, -0.2) is 0 Å². The molecule has 0 radical (unpaired) electrons. The monoisotopic (exact) mass is 220 g/mol. The van der Waals surface area contributed by atoms with Gasteiger partial charge in [0.25, 0.3) is 0 Å². The first-order valence-electron chi connectivity index (χ1n) is 5.53. The number of hydrogen-bond acceptors (Lipinski definition) is 3. The summed E-state index contributed by atoms with van der Waals surface area (Å²) in [4.78, 5) is 0. The second-order valence-electron chi connectivity index (χ2n) is 3.84. The Morgan fingerprint density at radius 1 is 1.38 bits per heavy atom. The second-order valence-corrected chi connectivity index (χ2v) is 3.84. The molecule has 88 valence electrons. The Hall–Kier alpha value is -1.48. The Balaban J connectivity index is 2.38. The minimum atomic E-state index is 0.569. The standard InChI is InChI=1S/C13H20N2O/c1-11(2)10-16-13-6-4-12(5-7-13)15-9-3-8-14/h4-7,15H,1,3,8-10,14H2,2H3. The van der Waals surface area contributed by atoms with Gasteiger partial charge in [0, 0.05) is 12.2 Å². The van der Waals surface area contributed by atoms with Crippen LogP contribution >= 0.6 is 0 Å². The van der Waals surface area contributed by atoms with Gasteiger partial charge in [0.05, 0.1) is 0 Å². The largest absolute Gasteiger partial charge is 0.489 e. The summed E-state index contributed by atoms with van der Waals surface area (Å²) in [6.07, 6.45) is 0.980. The number of anilines is 1. The van der Waals surface area contributed by atoms with Crippen molar-refractivity contribution in [1.82, 2.24) is 0 Å². The van der Waals surface area contributed by atoms with Crippen molar-refractivity contribution < 1.29 is 4.74 Å². The molecule has 0 amide bonds. The van der Waals surface area contributed by atoms with Crippen molar-refractivity contribution in [2.45, 2.75) is 13.3 Å². The van der Waals surface area contributed by atoms with Gasteiger partial charge in [-0.1, -0.05) is 6.58 Å². The summed E-state index contributed by atoms with van der Waals surface area (Å²) in [5.74, 6) is 0.868. The number of benzene rings is 1. The number of nitrogens with one attached hydrogen (secondary N) is 1. The first kappa shape index (κ1) is 12.6. The molecule has 0 saturated carbocycles. The van der Waals surface area contributed by atoms with Crippen LogP contribution in [0.5, 0.6) is 5.75 Å². The van der Waals surface area contributed by atoms with E-state index in [9.17, 15) is 0 Å². The maximum absolute atomic E-state index is 5.50. The van der Waals surface area contributed by atoms with E-state index in [1.807, 2.05) is 31.2 Å². The Labute approximate surface area is 97.3 Å². The van der Waals surface area contributed by atoms with Crippen LogP contribution in [-0.2, 0) is 0 Å². The topological polar surface area (TPSA) is 47.3 Å². The maximum Gasteiger partial charge on any atom is 0.119 e. The van der Waals surface area contributed by atoms with Crippen LogP contribution in [0.2, 0.25) is 0 Å². The van der Waals surface area contributed by atoms with Crippen molar-refractivity contribution in [1.29, 1.82) is 0 Å². The summed E-state index contributed by atoms with van der Waals surface area (Å²) < 4.78 is 5.50. The summed E-state index contributed by atoms with van der Waals surface area (Å²) in [6, 6.07) is 7.91. The smallest absolute Gasteiger partial charge is 0.119 e. The van der Waals surface area contributed by atoms with Crippen LogP contribution in [0, 0.1) is 0 Å². The van der Waals surface area contributed by atoms with E-state index in [1.54, 1.807) is 0 Å². The lowest BCUT2D eigenvalue weighted by Crippen LogP contribution is -2.08. The molecule has 1 aromatic rings. The van der Waals surface area contributed by atoms with Crippen molar-refractivity contribution in [2.24, 2.45) is 5.73 Å². The van der Waals surface area contributed by atoms with Crippen LogP contribution in [0.15, 0.2) is 36.4 Å². The molecule has 0 aliphatic heterocycles. The van der Waals surface area contributed by atoms with E-state index in [1.165, 1.54) is 0 Å². The van der Waals surface area contributed by atoms with E-state index in [4.69, 9.17) is 10.5 Å². The van der Waals surface area contributed by atoms with Gasteiger partial charge in [0.15, 0.2) is 0 Å². The van der Waals surface area contributed by atoms with E-state index in [0.29, 0.717) is 13.2 Å². The highest BCUT2D eigenvalue weighted by Gasteiger charge is 1.95. The van der Waals surface area contributed by atoms with Crippen LogP contribution in [0.1, 0.15) is 13.3 Å². The molecular weight excluding hydrogens is 200 g/mol. The van der Waals surface area contributed by atoms with Crippen molar-refractivity contribution in [3.8, 4) is 5.75 Å². The predicted molar refractivity (Wildman–Crippen MR) is 68.9 cm³/mol. The molecule has 1 aromatic carbocycles. The third-order valence-electron chi connectivity index (χ3n) is 2.05. The second kappa shape index (κ2) is 6.90. The van der Waals surface area contributed by atoms with Gasteiger partial charge in [-0.2, -0.15) is 0 Å². The summed E-state index contributed by atoms with van der Waals surface area (Å²) >= 11 is 0. The molecule has 3 nitrogen and oxygen atoms in total. The van der Waals surface area contributed by atoms with E-state index >= 15 is 0 Å². The first-order chi connectivity index (χ1) is 7.72. The molecule has 3 heteroatoms. The average molecular weight is 220 g/mol. The minimum absolute atomic E-state index is 0.569. The van der Waals surface area contributed by atoms with Gasteiger partial charge in [-0.3, -0.25) is 0 Å². The first-order valence-corrected chi connectivity index (χ1v) is 5.53. The van der Waals surface area contributed by atoms with Crippen LogP contribution < -0.4 is 15.8 Å². The van der Waals surface area contributed by atoms with E-state index in [-0.39, 0.29) is 0 Å². The number of rotatable bonds is 7. The van der Waals surface area contributed by atoms with Crippen LogP contribution in [0.25, 0.3) is 0 Å². The molecule has 16 heavy (non-hydrogen) atoms. The van der Waals surface area contributed by atoms with Crippen LogP contribution in [0.4, 0.5) is 5.69 Å². The molecule has 0 heterocycles. The maximum atomic E-state index is 5.50. The highest BCUT2D eigenvalue weighted by atomic mass is 16.5. The highest BCUT2D eigenvalue weighted by molar-refractivity contribution is 5.46. The molecule has 0 unspecified atom stereocenters. The minimum Gasteiger partial charge on any atom is -0.489 e. The fourth-order valence-electron chi connectivity index (χ4n) is 1.21. The summed E-state index contributed by atoms with van der Waals surface area (Å²) in [5.41, 5.74) is 7.53. The summed E-state index contributed by atoms with van der Waals surface area (Å²) in [5, 5.41) is 3.28. The average Bonchev–Trinajstić information content (AvgIpc) is 2.28. The van der Waals surface area contributed by atoms with Crippen LogP contribution in [-0.4, -0.2) is 19.7 Å². The molecule has 0 atom stereocenters. The molecule has 0 fully saturated rings. The lowest BCUT2D eigenvalue weighted by atomic mass is 10.3. The SMILES string of the molecule is C=C(C)COc1ccc(NCCCN)cc1. The Morgan fingerprint density at radius 2 is 2.06 bits per heavy atom. The third-order valence-corrected chi connectivity index (χ3v) is 2.05. The Bertz CT molecular complexity index is 319. The van der Waals surface area contributed by atoms with Gasteiger partial charge in [-0.05, 0) is 49.7 Å². The predicted octanol–water partition coefficient (Wildman–Crippen LogP) is 2.40. The molecule has 0 aliphatic carbocycles. The highest BCUT2D eigenvalue weighted by Crippen LogP contribution is 2.15. The normalized spacial score (nSPS) is 9.88. The fourth-order valence-corrected chi connectivity index (χ4v) is 1.21. The lowest BCUT2D eigenvalue weighted by molar-refractivity contribution is 0.353. The Kier molecular flexibility index (Phi) is 5.43. The molecule has 0 aliphatic rings. The molecule has 0 bridgehead atoms. The van der Waals surface area contributed by atoms with Gasteiger partial charge >= 0.3 is 0 Å². The molecule has 0 saturated heterocycles. The number of hydrogen-bond donors (Lipinski definition) is 2. The lowest BCUT2D eigenvalue weighted by Gasteiger charge is -2.08. The van der Waals surface area contributed by atoms with Crippen LogP contribution in [0.3, 0.4) is 0 Å². The van der Waals surface area contributed by atoms with Gasteiger partial charge in [-0.15, -0.1) is 0 Å². The van der Waals surface area contributed by atoms with E-state index in [0.717, 1.165) is 30.0 Å². The van der Waals surface area contributed by atoms with E-state index in [2.05, 4.69) is 11.9 Å². The quantitative estimate of drug-likeness (QED) is 0.548. The van der Waals surface area contributed by atoms with Crippen molar-refractivity contribution >= 4 is 5.69 Å².